The Kier molecular flexibility index (Phi) is 4.89. The van der Waals surface area contributed by atoms with Crippen molar-refractivity contribution in [3.63, 3.8) is 0 Å². The van der Waals surface area contributed by atoms with Crippen molar-refractivity contribution in [2.45, 2.75) is 26.4 Å². The molecule has 0 saturated carbocycles. The Labute approximate surface area is 104 Å². The molecule has 0 aliphatic heterocycles. The van der Waals surface area contributed by atoms with Crippen molar-refractivity contribution >= 4 is 21.8 Å². The molecule has 1 heterocycles. The largest absolute Gasteiger partial charge is 0.351 e. The molecular formula is C11H16BrN3O. The van der Waals surface area contributed by atoms with E-state index in [-0.39, 0.29) is 11.8 Å². The Morgan fingerprint density at radius 2 is 2.25 bits per heavy atom. The normalized spacial score (nSPS) is 12.6. The van der Waals surface area contributed by atoms with Gasteiger partial charge in [-0.05, 0) is 33.5 Å². The Morgan fingerprint density at radius 1 is 1.56 bits per heavy atom. The van der Waals surface area contributed by atoms with E-state index in [9.17, 15) is 4.79 Å². The lowest BCUT2D eigenvalue weighted by atomic mass is 10.1. The topological polar surface area (TPSA) is 68.0 Å². The number of amides is 1. The monoisotopic (exact) mass is 285 g/mol. The number of rotatable bonds is 4. The molecule has 16 heavy (non-hydrogen) atoms. The molecule has 4 nitrogen and oxygen atoms in total. The van der Waals surface area contributed by atoms with Gasteiger partial charge in [-0.3, -0.25) is 4.79 Å². The third-order valence-corrected chi connectivity index (χ3v) is 2.75. The van der Waals surface area contributed by atoms with Crippen LogP contribution >= 0.6 is 15.9 Å². The van der Waals surface area contributed by atoms with Crippen LogP contribution in [0.5, 0.6) is 0 Å². The summed E-state index contributed by atoms with van der Waals surface area (Å²) in [5.41, 5.74) is 6.66. The standard InChI is InChI=1S/C11H16BrN3O/c1-7(2)10(13)11(16)15-6-8-3-4-9(12)14-5-8/h3-5,7,10H,6,13H2,1-2H3,(H,15,16). The quantitative estimate of drug-likeness (QED) is 0.823. The molecule has 1 atom stereocenters. The molecule has 1 unspecified atom stereocenters. The summed E-state index contributed by atoms with van der Waals surface area (Å²) in [4.78, 5) is 15.6. The van der Waals surface area contributed by atoms with E-state index in [0.29, 0.717) is 6.54 Å². The second kappa shape index (κ2) is 5.96. The number of nitrogens with one attached hydrogen (secondary N) is 1. The van der Waals surface area contributed by atoms with Gasteiger partial charge in [-0.2, -0.15) is 0 Å². The Hall–Kier alpha value is -0.940. The summed E-state index contributed by atoms with van der Waals surface area (Å²) < 4.78 is 0.779. The number of nitrogens with two attached hydrogens (primary N) is 1. The van der Waals surface area contributed by atoms with E-state index in [1.54, 1.807) is 6.20 Å². The number of aromatic nitrogens is 1. The molecule has 1 aromatic heterocycles. The summed E-state index contributed by atoms with van der Waals surface area (Å²) in [5.74, 6) is 0.0148. The van der Waals surface area contributed by atoms with Gasteiger partial charge in [0.05, 0.1) is 6.04 Å². The van der Waals surface area contributed by atoms with E-state index in [4.69, 9.17) is 5.73 Å². The second-order valence-corrected chi connectivity index (χ2v) is 4.79. The Morgan fingerprint density at radius 3 is 2.75 bits per heavy atom. The van der Waals surface area contributed by atoms with Crippen molar-refractivity contribution in [1.29, 1.82) is 0 Å². The van der Waals surface area contributed by atoms with Gasteiger partial charge < -0.3 is 11.1 Å². The number of carbonyl (C=O) groups excluding carboxylic acids is 1. The van der Waals surface area contributed by atoms with Crippen LogP contribution in [0.4, 0.5) is 0 Å². The van der Waals surface area contributed by atoms with Crippen LogP contribution in [-0.4, -0.2) is 16.9 Å². The first-order valence-corrected chi connectivity index (χ1v) is 5.93. The highest BCUT2D eigenvalue weighted by atomic mass is 79.9. The average Bonchev–Trinajstić information content (AvgIpc) is 2.26. The molecule has 0 fully saturated rings. The molecule has 5 heteroatoms. The van der Waals surface area contributed by atoms with Crippen LogP contribution in [0.3, 0.4) is 0 Å². The summed E-state index contributed by atoms with van der Waals surface area (Å²) in [5, 5.41) is 2.78. The zero-order chi connectivity index (χ0) is 12.1. The van der Waals surface area contributed by atoms with Gasteiger partial charge in [0.1, 0.15) is 4.60 Å². The van der Waals surface area contributed by atoms with Gasteiger partial charge in [0.2, 0.25) is 5.91 Å². The van der Waals surface area contributed by atoms with Crippen molar-refractivity contribution < 1.29 is 4.79 Å². The van der Waals surface area contributed by atoms with Crippen LogP contribution in [-0.2, 0) is 11.3 Å². The van der Waals surface area contributed by atoms with E-state index in [0.717, 1.165) is 10.2 Å². The molecular weight excluding hydrogens is 270 g/mol. The molecule has 1 amide bonds. The lowest BCUT2D eigenvalue weighted by molar-refractivity contribution is -0.123. The minimum atomic E-state index is -0.455. The number of halogens is 1. The zero-order valence-corrected chi connectivity index (χ0v) is 11.0. The van der Waals surface area contributed by atoms with Crippen LogP contribution in [0.15, 0.2) is 22.9 Å². The number of nitrogens with zero attached hydrogens (tertiary/aromatic N) is 1. The summed E-state index contributed by atoms with van der Waals surface area (Å²) >= 11 is 3.25. The highest BCUT2D eigenvalue weighted by Crippen LogP contribution is 2.06. The van der Waals surface area contributed by atoms with Crippen LogP contribution in [0.25, 0.3) is 0 Å². The summed E-state index contributed by atoms with van der Waals surface area (Å²) in [6.45, 7) is 4.30. The van der Waals surface area contributed by atoms with E-state index in [1.807, 2.05) is 26.0 Å². The first kappa shape index (κ1) is 13.1. The molecule has 0 bridgehead atoms. The number of hydrogen-bond acceptors (Lipinski definition) is 3. The lowest BCUT2D eigenvalue weighted by Gasteiger charge is -2.15. The summed E-state index contributed by atoms with van der Waals surface area (Å²) in [7, 11) is 0. The van der Waals surface area contributed by atoms with Gasteiger partial charge in [0.25, 0.3) is 0 Å². The molecule has 88 valence electrons. The zero-order valence-electron chi connectivity index (χ0n) is 9.40. The third kappa shape index (κ3) is 3.90. The SMILES string of the molecule is CC(C)C(N)C(=O)NCc1ccc(Br)nc1. The smallest absolute Gasteiger partial charge is 0.237 e. The summed E-state index contributed by atoms with van der Waals surface area (Å²) in [6.07, 6.45) is 1.71. The highest BCUT2D eigenvalue weighted by molar-refractivity contribution is 9.10. The molecule has 0 radical (unpaired) electrons. The molecule has 0 aromatic carbocycles. The fraction of sp³-hybridized carbons (Fsp3) is 0.455. The van der Waals surface area contributed by atoms with E-state index in [2.05, 4.69) is 26.2 Å². The predicted octanol–water partition coefficient (Wildman–Crippen LogP) is 1.44. The maximum Gasteiger partial charge on any atom is 0.237 e. The maximum absolute atomic E-state index is 11.6. The minimum absolute atomic E-state index is 0.127. The molecule has 0 aliphatic carbocycles. The van der Waals surface area contributed by atoms with E-state index >= 15 is 0 Å². The number of carbonyl (C=O) groups is 1. The fourth-order valence-electron chi connectivity index (χ4n) is 1.12. The molecule has 0 saturated heterocycles. The van der Waals surface area contributed by atoms with Crippen molar-refractivity contribution in [2.24, 2.45) is 11.7 Å². The van der Waals surface area contributed by atoms with Gasteiger partial charge in [0.15, 0.2) is 0 Å². The maximum atomic E-state index is 11.6. The van der Waals surface area contributed by atoms with Crippen molar-refractivity contribution in [3.05, 3.63) is 28.5 Å². The fourth-order valence-corrected chi connectivity index (χ4v) is 1.36. The van der Waals surface area contributed by atoms with Gasteiger partial charge in [-0.1, -0.05) is 19.9 Å². The molecule has 3 N–H and O–H groups in total. The van der Waals surface area contributed by atoms with Crippen LogP contribution in [0, 0.1) is 5.92 Å². The highest BCUT2D eigenvalue weighted by Gasteiger charge is 2.16. The van der Waals surface area contributed by atoms with Crippen LogP contribution in [0.1, 0.15) is 19.4 Å². The lowest BCUT2D eigenvalue weighted by Crippen LogP contribution is -2.43. The number of pyridine rings is 1. The molecule has 1 aromatic rings. The Balaban J connectivity index is 2.46. The average molecular weight is 286 g/mol. The first-order chi connectivity index (χ1) is 7.50. The van der Waals surface area contributed by atoms with Crippen LogP contribution in [0.2, 0.25) is 0 Å². The van der Waals surface area contributed by atoms with Crippen molar-refractivity contribution in [3.8, 4) is 0 Å². The van der Waals surface area contributed by atoms with E-state index < -0.39 is 6.04 Å². The first-order valence-electron chi connectivity index (χ1n) is 5.14. The molecule has 1 rings (SSSR count). The number of hydrogen-bond donors (Lipinski definition) is 2. The van der Waals surface area contributed by atoms with Gasteiger partial charge in [0, 0.05) is 12.7 Å². The molecule has 0 spiro atoms. The Bertz CT molecular complexity index is 351. The van der Waals surface area contributed by atoms with E-state index in [1.165, 1.54) is 0 Å². The van der Waals surface area contributed by atoms with Crippen LogP contribution < -0.4 is 11.1 Å². The third-order valence-electron chi connectivity index (χ3n) is 2.28. The van der Waals surface area contributed by atoms with Gasteiger partial charge in [-0.15, -0.1) is 0 Å². The molecule has 0 aliphatic rings. The predicted molar refractivity (Wildman–Crippen MR) is 66.6 cm³/mol. The van der Waals surface area contributed by atoms with Crippen molar-refractivity contribution in [1.82, 2.24) is 10.3 Å². The second-order valence-electron chi connectivity index (χ2n) is 3.98. The van der Waals surface area contributed by atoms with Gasteiger partial charge in [-0.25, -0.2) is 4.98 Å². The minimum Gasteiger partial charge on any atom is -0.351 e. The van der Waals surface area contributed by atoms with Crippen molar-refractivity contribution in [2.75, 3.05) is 0 Å². The summed E-state index contributed by atoms with van der Waals surface area (Å²) in [6, 6.07) is 3.28. The van der Waals surface area contributed by atoms with Gasteiger partial charge >= 0.3 is 0 Å².